The molecule has 1 aliphatic rings. The van der Waals surface area contributed by atoms with Gasteiger partial charge in [0, 0.05) is 19.8 Å². The summed E-state index contributed by atoms with van der Waals surface area (Å²) in [5, 5.41) is 13.2. The van der Waals surface area contributed by atoms with Crippen LogP contribution in [0.25, 0.3) is 11.1 Å². The van der Waals surface area contributed by atoms with Crippen LogP contribution in [0.4, 0.5) is 17.1 Å². The summed E-state index contributed by atoms with van der Waals surface area (Å²) in [6.07, 6.45) is 7.34. The number of hydrogen-bond donors (Lipinski definition) is 2. The molecule has 5 nitrogen and oxygen atoms in total. The molecule has 0 amide bonds. The average molecular weight is 450 g/mol. The number of carbonyl (C=O) groups is 1. The lowest BCUT2D eigenvalue weighted by Gasteiger charge is -2.26. The largest absolute Gasteiger partial charge is 0.478 e. The van der Waals surface area contributed by atoms with Crippen LogP contribution in [-0.2, 0) is 12.8 Å². The van der Waals surface area contributed by atoms with E-state index in [1.54, 1.807) is 6.20 Å². The van der Waals surface area contributed by atoms with Crippen LogP contribution in [0.15, 0.2) is 42.0 Å². The highest BCUT2D eigenvalue weighted by molar-refractivity contribution is 6.04. The number of benzene rings is 2. The van der Waals surface area contributed by atoms with E-state index in [2.05, 4.69) is 57.1 Å². The first-order chi connectivity index (χ1) is 15.9. The van der Waals surface area contributed by atoms with Gasteiger partial charge in [-0.1, -0.05) is 53.3 Å². The first-order valence-electron chi connectivity index (χ1n) is 12.1. The second-order valence-corrected chi connectivity index (χ2v) is 8.09. The van der Waals surface area contributed by atoms with Gasteiger partial charge in [0.1, 0.15) is 5.56 Å². The monoisotopic (exact) mass is 449 g/mol. The molecule has 0 radical (unpaired) electrons. The van der Waals surface area contributed by atoms with Crippen LogP contribution in [0.1, 0.15) is 68.9 Å². The van der Waals surface area contributed by atoms with Crippen LogP contribution in [0.3, 0.4) is 0 Å². The van der Waals surface area contributed by atoms with E-state index in [4.69, 9.17) is 4.99 Å². The Morgan fingerprint density at radius 2 is 2.00 bits per heavy atom. The van der Waals surface area contributed by atoms with E-state index in [1.165, 1.54) is 5.56 Å². The van der Waals surface area contributed by atoms with Crippen LogP contribution in [0, 0.1) is 5.92 Å². The minimum atomic E-state index is -0.941. The maximum atomic E-state index is 12.3. The fourth-order valence-electron chi connectivity index (χ4n) is 4.36. The zero-order valence-corrected chi connectivity index (χ0v) is 21.0. The summed E-state index contributed by atoms with van der Waals surface area (Å²) in [4.78, 5) is 19.0. The normalized spacial score (nSPS) is 14.1. The predicted octanol–water partition coefficient (Wildman–Crippen LogP) is 7.33. The third-order valence-corrected chi connectivity index (χ3v) is 6.03. The fraction of sp³-hybridized carbons (Fsp3) is 0.429. The zero-order valence-electron chi connectivity index (χ0n) is 21.0. The number of fused-ring (bicyclic) bond motifs is 1. The van der Waals surface area contributed by atoms with E-state index in [0.29, 0.717) is 29.3 Å². The second kappa shape index (κ2) is 12.2. The number of rotatable bonds is 9. The molecular formula is C28H39N3O2. The molecule has 1 atom stereocenters. The lowest BCUT2D eigenvalue weighted by molar-refractivity contribution is 0.0698. The van der Waals surface area contributed by atoms with Crippen molar-refractivity contribution >= 4 is 29.2 Å². The van der Waals surface area contributed by atoms with Crippen molar-refractivity contribution in [2.24, 2.45) is 10.9 Å². The van der Waals surface area contributed by atoms with Gasteiger partial charge in [-0.25, -0.2) is 4.79 Å². The van der Waals surface area contributed by atoms with Gasteiger partial charge in [-0.3, -0.25) is 4.99 Å². The molecule has 0 bridgehead atoms. The van der Waals surface area contributed by atoms with Gasteiger partial charge in [0.05, 0.1) is 17.1 Å². The Labute approximate surface area is 199 Å². The van der Waals surface area contributed by atoms with E-state index >= 15 is 0 Å². The summed E-state index contributed by atoms with van der Waals surface area (Å²) in [7, 11) is 1.94. The van der Waals surface area contributed by atoms with Gasteiger partial charge in [0.15, 0.2) is 0 Å². The lowest BCUT2D eigenvalue weighted by Crippen LogP contribution is -2.22. The van der Waals surface area contributed by atoms with Gasteiger partial charge in [-0.05, 0) is 72.2 Å². The van der Waals surface area contributed by atoms with Gasteiger partial charge in [0.25, 0.3) is 0 Å². The van der Waals surface area contributed by atoms with E-state index < -0.39 is 5.97 Å². The minimum absolute atomic E-state index is 0.290. The second-order valence-electron chi connectivity index (χ2n) is 8.09. The highest BCUT2D eigenvalue weighted by Crippen LogP contribution is 2.41. The topological polar surface area (TPSA) is 64.9 Å². The van der Waals surface area contributed by atoms with Gasteiger partial charge in [-0.2, -0.15) is 0 Å². The Morgan fingerprint density at radius 3 is 2.58 bits per heavy atom. The maximum absolute atomic E-state index is 12.3. The maximum Gasteiger partial charge on any atom is 0.339 e. The van der Waals surface area contributed by atoms with E-state index in [9.17, 15) is 9.90 Å². The van der Waals surface area contributed by atoms with Crippen molar-refractivity contribution in [2.45, 2.75) is 60.3 Å². The first kappa shape index (κ1) is 26.2. The molecule has 2 aromatic carbocycles. The first-order valence-corrected chi connectivity index (χ1v) is 12.1. The molecule has 5 heteroatoms. The van der Waals surface area contributed by atoms with Gasteiger partial charge in [0.2, 0.25) is 0 Å². The molecule has 33 heavy (non-hydrogen) atoms. The Morgan fingerprint density at radius 1 is 1.27 bits per heavy atom. The number of carboxylic acid groups (broad SMARTS) is 1. The minimum Gasteiger partial charge on any atom is -0.478 e. The average Bonchev–Trinajstić information content (AvgIpc) is 2.84. The Kier molecular flexibility index (Phi) is 9.71. The standard InChI is InChI=1S/C26H33N3O2.C2H6/c1-6-12-29(5)23-15-21(20(8-3)25(27-9-4)24(23)26(30)31)18-10-11-19-13-17(7-2)16-28-22(19)14-18;1-2/h9-11,14-17,27H,4,6-8,12-13H2,1-3,5H3,(H,30,31);1-2H3. The Hall–Kier alpha value is -3.08. The molecule has 1 unspecified atom stereocenters. The lowest BCUT2D eigenvalue weighted by atomic mass is 9.89. The highest BCUT2D eigenvalue weighted by Gasteiger charge is 2.24. The van der Waals surface area contributed by atoms with Gasteiger partial charge < -0.3 is 15.3 Å². The summed E-state index contributed by atoms with van der Waals surface area (Å²) in [5.74, 6) is -0.443. The number of nitrogens with zero attached hydrogens (tertiary/aromatic N) is 2. The summed E-state index contributed by atoms with van der Waals surface area (Å²) in [6.45, 7) is 14.9. The van der Waals surface area contributed by atoms with E-state index in [-0.39, 0.29) is 0 Å². The molecule has 0 aromatic heterocycles. The number of aliphatic imine (C=N–C) groups is 1. The molecule has 178 valence electrons. The van der Waals surface area contributed by atoms with Crippen molar-refractivity contribution in [1.29, 1.82) is 0 Å². The molecule has 2 aromatic rings. The Balaban J connectivity index is 0.00000187. The summed E-state index contributed by atoms with van der Waals surface area (Å²) >= 11 is 0. The number of carboxylic acids is 1. The van der Waals surface area contributed by atoms with Crippen molar-refractivity contribution in [1.82, 2.24) is 0 Å². The predicted molar refractivity (Wildman–Crippen MR) is 143 cm³/mol. The molecule has 0 saturated heterocycles. The van der Waals surface area contributed by atoms with Crippen molar-refractivity contribution < 1.29 is 9.90 Å². The van der Waals surface area contributed by atoms with Gasteiger partial charge in [-0.15, -0.1) is 0 Å². The van der Waals surface area contributed by atoms with Crippen LogP contribution < -0.4 is 10.2 Å². The smallest absolute Gasteiger partial charge is 0.339 e. The SMILES string of the molecule is C=CNc1c(CC)c(-c2ccc3c(c2)N=CC(CC)C3)cc(N(C)CCC)c1C(=O)O.CC. The van der Waals surface area contributed by atoms with Gasteiger partial charge >= 0.3 is 5.97 Å². The van der Waals surface area contributed by atoms with Crippen LogP contribution in [0.5, 0.6) is 0 Å². The van der Waals surface area contributed by atoms with E-state index in [1.807, 2.05) is 31.9 Å². The fourth-order valence-corrected chi connectivity index (χ4v) is 4.36. The van der Waals surface area contributed by atoms with E-state index in [0.717, 1.165) is 48.2 Å². The van der Waals surface area contributed by atoms with Crippen molar-refractivity contribution in [3.8, 4) is 11.1 Å². The molecule has 1 aliphatic heterocycles. The molecule has 3 rings (SSSR count). The molecule has 0 spiro atoms. The zero-order chi connectivity index (χ0) is 24.5. The molecule has 2 N–H and O–H groups in total. The third kappa shape index (κ3) is 5.65. The molecular weight excluding hydrogens is 410 g/mol. The van der Waals surface area contributed by atoms with Crippen molar-refractivity contribution in [2.75, 3.05) is 23.8 Å². The van der Waals surface area contributed by atoms with Crippen LogP contribution in [-0.4, -0.2) is 30.9 Å². The number of aromatic carboxylic acids is 1. The van der Waals surface area contributed by atoms with Crippen molar-refractivity contribution in [3.63, 3.8) is 0 Å². The number of nitrogens with one attached hydrogen (secondary N) is 1. The van der Waals surface area contributed by atoms with Crippen LogP contribution in [0.2, 0.25) is 0 Å². The molecule has 1 heterocycles. The third-order valence-electron chi connectivity index (χ3n) is 6.03. The van der Waals surface area contributed by atoms with Crippen molar-refractivity contribution in [3.05, 3.63) is 53.7 Å². The quantitative estimate of drug-likeness (QED) is 0.421. The Bertz CT molecular complexity index is 1010. The number of anilines is 2. The molecule has 0 fully saturated rings. The highest BCUT2D eigenvalue weighted by atomic mass is 16.4. The summed E-state index contributed by atoms with van der Waals surface area (Å²) in [6, 6.07) is 8.47. The summed E-state index contributed by atoms with van der Waals surface area (Å²) < 4.78 is 0. The summed E-state index contributed by atoms with van der Waals surface area (Å²) in [5.41, 5.74) is 6.95. The molecule has 0 aliphatic carbocycles. The number of hydrogen-bond acceptors (Lipinski definition) is 4. The van der Waals surface area contributed by atoms with Crippen LogP contribution >= 0.6 is 0 Å². The molecule has 0 saturated carbocycles.